The number of aryl methyl sites for hydroxylation is 1. The first-order valence-corrected chi connectivity index (χ1v) is 8.96. The van der Waals surface area contributed by atoms with Crippen molar-refractivity contribution in [1.29, 1.82) is 0 Å². The van der Waals surface area contributed by atoms with E-state index in [1.807, 2.05) is 27.8 Å². The Bertz CT molecular complexity index is 534. The lowest BCUT2D eigenvalue weighted by Gasteiger charge is -2.34. The zero-order chi connectivity index (χ0) is 16.9. The van der Waals surface area contributed by atoms with Gasteiger partial charge in [-0.25, -0.2) is 4.98 Å². The summed E-state index contributed by atoms with van der Waals surface area (Å²) in [5.74, 6) is 1.07. The number of amides is 1. The molecule has 0 bridgehead atoms. The standard InChI is InChI=1S/C17H28N4O3/c1-19-12-7-18-17(19)16(23)14-4-9-20(10-5-14)15(22)6-11-21-8-2-3-13-24-21/h7,12,14,16,23H,2-6,8-11,13H2,1H3. The molecule has 0 aliphatic carbocycles. The lowest BCUT2D eigenvalue weighted by molar-refractivity contribution is -0.182. The van der Waals surface area contributed by atoms with Gasteiger partial charge in [-0.05, 0) is 31.6 Å². The minimum Gasteiger partial charge on any atom is -0.385 e. The summed E-state index contributed by atoms with van der Waals surface area (Å²) in [5, 5.41) is 12.4. The minimum atomic E-state index is -0.552. The highest BCUT2D eigenvalue weighted by atomic mass is 16.7. The van der Waals surface area contributed by atoms with Gasteiger partial charge in [0.1, 0.15) is 11.9 Å². The molecule has 2 saturated heterocycles. The summed E-state index contributed by atoms with van der Waals surface area (Å²) < 4.78 is 1.86. The van der Waals surface area contributed by atoms with Crippen molar-refractivity contribution < 1.29 is 14.7 Å². The van der Waals surface area contributed by atoms with Gasteiger partial charge in [-0.2, -0.15) is 5.06 Å². The third-order valence-electron chi connectivity index (χ3n) is 5.11. The molecule has 1 aromatic heterocycles. The van der Waals surface area contributed by atoms with Gasteiger partial charge in [-0.15, -0.1) is 0 Å². The van der Waals surface area contributed by atoms with E-state index in [4.69, 9.17) is 4.84 Å². The molecule has 2 aliphatic rings. The zero-order valence-corrected chi connectivity index (χ0v) is 14.4. The predicted octanol–water partition coefficient (Wildman–Crippen LogP) is 1.11. The monoisotopic (exact) mass is 336 g/mol. The quantitative estimate of drug-likeness (QED) is 0.872. The lowest BCUT2D eigenvalue weighted by atomic mass is 9.90. The number of hydrogen-bond acceptors (Lipinski definition) is 5. The topological polar surface area (TPSA) is 70.8 Å². The molecule has 134 valence electrons. The van der Waals surface area contributed by atoms with Crippen molar-refractivity contribution >= 4 is 5.91 Å². The molecule has 2 aliphatic heterocycles. The van der Waals surface area contributed by atoms with Gasteiger partial charge >= 0.3 is 0 Å². The van der Waals surface area contributed by atoms with Gasteiger partial charge in [0.25, 0.3) is 0 Å². The van der Waals surface area contributed by atoms with E-state index >= 15 is 0 Å². The summed E-state index contributed by atoms with van der Waals surface area (Å²) in [7, 11) is 1.90. The van der Waals surface area contributed by atoms with Crippen molar-refractivity contribution in [2.24, 2.45) is 13.0 Å². The second-order valence-corrected chi connectivity index (χ2v) is 6.78. The highest BCUT2D eigenvalue weighted by molar-refractivity contribution is 5.76. The first-order chi connectivity index (χ1) is 11.6. The van der Waals surface area contributed by atoms with E-state index in [1.165, 1.54) is 0 Å². The summed E-state index contributed by atoms with van der Waals surface area (Å²) in [6.45, 7) is 3.79. The maximum absolute atomic E-state index is 12.4. The highest BCUT2D eigenvalue weighted by Gasteiger charge is 2.30. The molecule has 7 nitrogen and oxygen atoms in total. The normalized spacial score (nSPS) is 21.8. The van der Waals surface area contributed by atoms with Crippen LogP contribution in [-0.2, 0) is 16.7 Å². The number of nitrogens with zero attached hydrogens (tertiary/aromatic N) is 4. The second-order valence-electron chi connectivity index (χ2n) is 6.78. The van der Waals surface area contributed by atoms with Crippen LogP contribution in [-0.4, -0.2) is 63.3 Å². The Kier molecular flexibility index (Phi) is 5.86. The summed E-state index contributed by atoms with van der Waals surface area (Å²) >= 11 is 0. The zero-order valence-electron chi connectivity index (χ0n) is 14.4. The Morgan fingerprint density at radius 3 is 2.79 bits per heavy atom. The first kappa shape index (κ1) is 17.4. The van der Waals surface area contributed by atoms with Gasteiger partial charge in [0.2, 0.25) is 5.91 Å². The SMILES string of the molecule is Cn1ccnc1C(O)C1CCN(C(=O)CCN2CCCCO2)CC1. The molecule has 0 spiro atoms. The maximum atomic E-state index is 12.4. The molecule has 0 saturated carbocycles. The number of likely N-dealkylation sites (tertiary alicyclic amines) is 1. The van der Waals surface area contributed by atoms with E-state index in [0.29, 0.717) is 31.9 Å². The molecule has 0 aromatic carbocycles. The number of aliphatic hydroxyl groups excluding tert-OH is 1. The smallest absolute Gasteiger partial charge is 0.223 e. The van der Waals surface area contributed by atoms with Crippen LogP contribution in [0.15, 0.2) is 12.4 Å². The average Bonchev–Trinajstić information content (AvgIpc) is 3.06. The van der Waals surface area contributed by atoms with Crippen LogP contribution in [0.2, 0.25) is 0 Å². The fourth-order valence-corrected chi connectivity index (χ4v) is 3.54. The molecular weight excluding hydrogens is 308 g/mol. The van der Waals surface area contributed by atoms with Gasteiger partial charge in [0.05, 0.1) is 6.61 Å². The van der Waals surface area contributed by atoms with Gasteiger partial charge in [0, 0.05) is 52.0 Å². The number of aromatic nitrogens is 2. The molecule has 2 fully saturated rings. The second kappa shape index (κ2) is 8.09. The Labute approximate surface area is 143 Å². The number of hydroxylamine groups is 2. The van der Waals surface area contributed by atoms with Crippen molar-refractivity contribution in [2.75, 3.05) is 32.8 Å². The molecule has 7 heteroatoms. The van der Waals surface area contributed by atoms with Crippen LogP contribution in [0.1, 0.15) is 44.0 Å². The molecule has 24 heavy (non-hydrogen) atoms. The molecular formula is C17H28N4O3. The van der Waals surface area contributed by atoms with E-state index in [2.05, 4.69) is 4.98 Å². The van der Waals surface area contributed by atoms with Gasteiger partial charge in [0.15, 0.2) is 0 Å². The largest absolute Gasteiger partial charge is 0.385 e. The number of carbonyl (C=O) groups excluding carboxylic acids is 1. The molecule has 1 aromatic rings. The van der Waals surface area contributed by atoms with Gasteiger partial charge in [-0.1, -0.05) is 0 Å². The van der Waals surface area contributed by atoms with E-state index in [0.717, 1.165) is 38.8 Å². The Balaban J connectivity index is 1.42. The number of carbonyl (C=O) groups is 1. The Hall–Kier alpha value is -1.44. The van der Waals surface area contributed by atoms with Crippen molar-refractivity contribution in [3.8, 4) is 0 Å². The predicted molar refractivity (Wildman–Crippen MR) is 88.8 cm³/mol. The van der Waals surface area contributed by atoms with E-state index in [-0.39, 0.29) is 11.8 Å². The van der Waals surface area contributed by atoms with Crippen LogP contribution < -0.4 is 0 Å². The van der Waals surface area contributed by atoms with Crippen LogP contribution in [0, 0.1) is 5.92 Å². The molecule has 1 unspecified atom stereocenters. The average molecular weight is 336 g/mol. The fraction of sp³-hybridized carbons (Fsp3) is 0.765. The van der Waals surface area contributed by atoms with Gasteiger partial charge in [-0.3, -0.25) is 9.63 Å². The van der Waals surface area contributed by atoms with Crippen molar-refractivity contribution in [3.63, 3.8) is 0 Å². The van der Waals surface area contributed by atoms with Crippen molar-refractivity contribution in [1.82, 2.24) is 19.5 Å². The summed E-state index contributed by atoms with van der Waals surface area (Å²) in [5.41, 5.74) is 0. The van der Waals surface area contributed by atoms with Crippen LogP contribution in [0.25, 0.3) is 0 Å². The number of rotatable bonds is 5. The van der Waals surface area contributed by atoms with Crippen LogP contribution in [0.3, 0.4) is 0 Å². The number of imidazole rings is 1. The minimum absolute atomic E-state index is 0.167. The van der Waals surface area contributed by atoms with Crippen LogP contribution in [0.5, 0.6) is 0 Å². The first-order valence-electron chi connectivity index (χ1n) is 8.96. The van der Waals surface area contributed by atoms with Crippen molar-refractivity contribution in [3.05, 3.63) is 18.2 Å². The highest BCUT2D eigenvalue weighted by Crippen LogP contribution is 2.29. The molecule has 0 radical (unpaired) electrons. The summed E-state index contributed by atoms with van der Waals surface area (Å²) in [6.07, 6.45) is 7.40. The van der Waals surface area contributed by atoms with E-state index < -0.39 is 6.10 Å². The van der Waals surface area contributed by atoms with Crippen LogP contribution in [0.4, 0.5) is 0 Å². The third kappa shape index (κ3) is 4.15. The molecule has 1 atom stereocenters. The summed E-state index contributed by atoms with van der Waals surface area (Å²) in [6, 6.07) is 0. The third-order valence-corrected chi connectivity index (χ3v) is 5.11. The number of hydrogen-bond donors (Lipinski definition) is 1. The van der Waals surface area contributed by atoms with Crippen molar-refractivity contribution in [2.45, 2.75) is 38.2 Å². The molecule has 3 rings (SSSR count). The molecule has 1 N–H and O–H groups in total. The van der Waals surface area contributed by atoms with E-state index in [9.17, 15) is 9.90 Å². The Morgan fingerprint density at radius 1 is 1.38 bits per heavy atom. The molecule has 1 amide bonds. The van der Waals surface area contributed by atoms with Crippen LogP contribution >= 0.6 is 0 Å². The lowest BCUT2D eigenvalue weighted by Crippen LogP contribution is -2.41. The Morgan fingerprint density at radius 2 is 2.17 bits per heavy atom. The fourth-order valence-electron chi connectivity index (χ4n) is 3.54. The van der Waals surface area contributed by atoms with E-state index in [1.54, 1.807) is 6.20 Å². The molecule has 3 heterocycles. The number of piperidine rings is 1. The van der Waals surface area contributed by atoms with Gasteiger partial charge < -0.3 is 14.6 Å². The maximum Gasteiger partial charge on any atom is 0.223 e. The summed E-state index contributed by atoms with van der Waals surface area (Å²) in [4.78, 5) is 24.1. The number of aliphatic hydroxyl groups is 1.